The van der Waals surface area contributed by atoms with E-state index in [1.165, 1.54) is 17.4 Å². The summed E-state index contributed by atoms with van der Waals surface area (Å²) in [4.78, 5) is 31.8. The third-order valence-corrected chi connectivity index (χ3v) is 9.29. The zero-order valence-corrected chi connectivity index (χ0v) is 24.7. The van der Waals surface area contributed by atoms with Crippen LogP contribution in [-0.2, 0) is 10.2 Å². The number of carbonyl (C=O) groups excluding carboxylic acids is 1. The first-order valence-electron chi connectivity index (χ1n) is 13.2. The fraction of sp³-hybridized carbons (Fsp3) is 0.379. The molecule has 2 fully saturated rings. The number of esters is 1. The van der Waals surface area contributed by atoms with Gasteiger partial charge in [0, 0.05) is 35.9 Å². The van der Waals surface area contributed by atoms with Crippen molar-refractivity contribution >= 4 is 61.8 Å². The van der Waals surface area contributed by atoms with Gasteiger partial charge < -0.3 is 19.3 Å². The lowest BCUT2D eigenvalue weighted by Gasteiger charge is -2.38. The number of halogens is 3. The summed E-state index contributed by atoms with van der Waals surface area (Å²) in [5.41, 5.74) is 0.367. The zero-order chi connectivity index (χ0) is 29.2. The first-order chi connectivity index (χ1) is 19.4. The maximum atomic E-state index is 14.6. The molecular weight excluding hydrogens is 592 g/mol. The van der Waals surface area contributed by atoms with Crippen LogP contribution in [0.4, 0.5) is 9.52 Å². The minimum atomic E-state index is -1.19. The molecule has 1 N–H and O–H groups in total. The lowest BCUT2D eigenvalue weighted by atomic mass is 9.88. The second kappa shape index (κ2) is 10.3. The minimum absolute atomic E-state index is 0.0381. The van der Waals surface area contributed by atoms with Crippen molar-refractivity contribution in [3.8, 4) is 11.3 Å². The van der Waals surface area contributed by atoms with Crippen molar-refractivity contribution in [1.82, 2.24) is 10.1 Å². The Hall–Kier alpha value is -3.21. The van der Waals surface area contributed by atoms with Gasteiger partial charge in [0.05, 0.1) is 20.3 Å². The van der Waals surface area contributed by atoms with Crippen molar-refractivity contribution in [2.45, 2.75) is 70.1 Å². The summed E-state index contributed by atoms with van der Waals surface area (Å²) in [5, 5.41) is 14.8. The number of hydrogen-bond donors (Lipinski definition) is 1. The smallest absolute Gasteiger partial charge is 0.344 e. The fourth-order valence-electron chi connectivity index (χ4n) is 5.84. The highest BCUT2D eigenvalue weighted by Crippen LogP contribution is 2.45. The second-order valence-electron chi connectivity index (χ2n) is 11.5. The molecule has 0 saturated carbocycles. The van der Waals surface area contributed by atoms with E-state index in [0.29, 0.717) is 44.0 Å². The quantitative estimate of drug-likeness (QED) is 0.227. The molecule has 41 heavy (non-hydrogen) atoms. The summed E-state index contributed by atoms with van der Waals surface area (Å²) in [7, 11) is 0. The number of rotatable bonds is 5. The van der Waals surface area contributed by atoms with Gasteiger partial charge in [-0.05, 0) is 37.1 Å². The summed E-state index contributed by atoms with van der Waals surface area (Å²) < 4.78 is 26.9. The van der Waals surface area contributed by atoms with Crippen LogP contribution in [0.5, 0.6) is 0 Å². The Labute approximate surface area is 249 Å². The summed E-state index contributed by atoms with van der Waals surface area (Å²) in [5.74, 6) is -2.02. The van der Waals surface area contributed by atoms with E-state index in [1.807, 2.05) is 20.8 Å². The zero-order valence-electron chi connectivity index (χ0n) is 22.4. The maximum Gasteiger partial charge on any atom is 0.344 e. The van der Waals surface area contributed by atoms with Gasteiger partial charge in [-0.3, -0.25) is 0 Å². The summed E-state index contributed by atoms with van der Waals surface area (Å²) in [6.45, 7) is 5.75. The van der Waals surface area contributed by atoms with Gasteiger partial charge in [0.2, 0.25) is 0 Å². The first kappa shape index (κ1) is 27.9. The average Bonchev–Trinajstić information content (AvgIpc) is 3.58. The molecule has 3 atom stereocenters. The lowest BCUT2D eigenvalue weighted by molar-refractivity contribution is 0.0200. The van der Waals surface area contributed by atoms with Gasteiger partial charge in [-0.25, -0.2) is 19.0 Å². The molecule has 0 radical (unpaired) electrons. The molecule has 2 aliphatic heterocycles. The largest absolute Gasteiger partial charge is 0.478 e. The van der Waals surface area contributed by atoms with Crippen LogP contribution >= 0.6 is 34.5 Å². The summed E-state index contributed by atoms with van der Waals surface area (Å²) in [6.07, 6.45) is 2.52. The van der Waals surface area contributed by atoms with Crippen LogP contribution < -0.4 is 4.90 Å². The molecule has 4 aromatic rings. The Morgan fingerprint density at radius 3 is 2.41 bits per heavy atom. The molecule has 8 nitrogen and oxygen atoms in total. The van der Waals surface area contributed by atoms with E-state index in [0.717, 1.165) is 18.9 Å². The number of carbonyl (C=O) groups is 2. The topological polar surface area (TPSA) is 106 Å². The van der Waals surface area contributed by atoms with Gasteiger partial charge >= 0.3 is 11.9 Å². The van der Waals surface area contributed by atoms with Crippen LogP contribution in [0.1, 0.15) is 72.9 Å². The molecule has 12 heteroatoms. The predicted molar refractivity (Wildman–Crippen MR) is 155 cm³/mol. The van der Waals surface area contributed by atoms with E-state index in [1.54, 1.807) is 18.2 Å². The van der Waals surface area contributed by atoms with Crippen molar-refractivity contribution in [3.63, 3.8) is 0 Å². The predicted octanol–water partition coefficient (Wildman–Crippen LogP) is 7.75. The van der Waals surface area contributed by atoms with Crippen molar-refractivity contribution in [2.24, 2.45) is 0 Å². The number of aromatic carboxylic acids is 1. The highest BCUT2D eigenvalue weighted by molar-refractivity contribution is 7.22. The van der Waals surface area contributed by atoms with Crippen LogP contribution in [0.2, 0.25) is 10.0 Å². The monoisotopic (exact) mass is 617 g/mol. The number of carboxylic acid groups (broad SMARTS) is 1. The van der Waals surface area contributed by atoms with Gasteiger partial charge in [0.1, 0.15) is 22.9 Å². The molecule has 2 bridgehead atoms. The Morgan fingerprint density at radius 2 is 1.80 bits per heavy atom. The molecule has 2 aromatic carbocycles. The third-order valence-electron chi connectivity index (χ3n) is 7.65. The maximum absolute atomic E-state index is 14.6. The third kappa shape index (κ3) is 4.96. The number of fused-ring (bicyclic) bond motifs is 3. The average molecular weight is 619 g/mol. The van der Waals surface area contributed by atoms with E-state index in [9.17, 15) is 19.1 Å². The molecule has 214 valence electrons. The number of piperidine rings is 1. The fourth-order valence-corrected chi connectivity index (χ4v) is 7.58. The van der Waals surface area contributed by atoms with Gasteiger partial charge in [-0.15, -0.1) is 0 Å². The van der Waals surface area contributed by atoms with Gasteiger partial charge in [0.15, 0.2) is 16.7 Å². The van der Waals surface area contributed by atoms with Crippen LogP contribution in [0.3, 0.4) is 0 Å². The molecule has 0 amide bonds. The van der Waals surface area contributed by atoms with Gasteiger partial charge in [-0.2, -0.15) is 0 Å². The normalized spacial score (nSPS) is 20.5. The van der Waals surface area contributed by atoms with E-state index in [4.69, 9.17) is 32.5 Å². The number of ether oxygens (including phenoxy) is 1. The van der Waals surface area contributed by atoms with Crippen LogP contribution in [0.25, 0.3) is 21.5 Å². The number of anilines is 1. The number of thiazole rings is 1. The summed E-state index contributed by atoms with van der Waals surface area (Å²) >= 11 is 14.2. The molecule has 2 aliphatic rings. The number of carboxylic acids is 1. The molecule has 0 spiro atoms. The standard InChI is InChI=1S/C29H26Cl2FN3O5S/c1-29(2,3)25-22(24(34-40-25)21-17(30)5-4-6-18(21)31)27(38)39-16-11-14-7-8-15(12-16)35(14)28-33-23-19(32)9-13(26(36)37)10-20(23)41-28/h4-6,9-10,14-16H,7-8,11-12H2,1-3H3,(H,36,37)/t14-,15+,16+. The van der Waals surface area contributed by atoms with Crippen LogP contribution in [0, 0.1) is 5.82 Å². The van der Waals surface area contributed by atoms with Gasteiger partial charge in [-0.1, -0.05) is 66.5 Å². The number of hydrogen-bond acceptors (Lipinski definition) is 8. The number of benzene rings is 2. The highest BCUT2D eigenvalue weighted by Gasteiger charge is 2.44. The Bertz CT molecular complexity index is 1660. The molecule has 0 unspecified atom stereocenters. The number of nitrogens with zero attached hydrogens (tertiary/aromatic N) is 3. The highest BCUT2D eigenvalue weighted by atomic mass is 35.5. The van der Waals surface area contributed by atoms with E-state index in [2.05, 4.69) is 15.0 Å². The van der Waals surface area contributed by atoms with E-state index >= 15 is 0 Å². The van der Waals surface area contributed by atoms with E-state index in [-0.39, 0.29) is 40.5 Å². The lowest BCUT2D eigenvalue weighted by Crippen LogP contribution is -2.46. The van der Waals surface area contributed by atoms with Crippen molar-refractivity contribution in [3.05, 3.63) is 63.1 Å². The van der Waals surface area contributed by atoms with Crippen molar-refractivity contribution in [1.29, 1.82) is 0 Å². The van der Waals surface area contributed by atoms with Crippen molar-refractivity contribution in [2.75, 3.05) is 4.90 Å². The molecule has 4 heterocycles. The van der Waals surface area contributed by atoms with Crippen LogP contribution in [-0.4, -0.2) is 45.4 Å². The van der Waals surface area contributed by atoms with Crippen LogP contribution in [0.15, 0.2) is 34.9 Å². The Morgan fingerprint density at radius 1 is 1.15 bits per heavy atom. The van der Waals surface area contributed by atoms with Crippen molar-refractivity contribution < 1.29 is 28.3 Å². The first-order valence-corrected chi connectivity index (χ1v) is 14.8. The summed E-state index contributed by atoms with van der Waals surface area (Å²) in [6, 6.07) is 7.58. The minimum Gasteiger partial charge on any atom is -0.478 e. The molecule has 6 rings (SSSR count). The Kier molecular flexibility index (Phi) is 6.99. The molecule has 2 saturated heterocycles. The number of aromatic nitrogens is 2. The second-order valence-corrected chi connectivity index (χ2v) is 13.3. The van der Waals surface area contributed by atoms with E-state index < -0.39 is 23.2 Å². The molecular formula is C29H26Cl2FN3O5S. The Balaban J connectivity index is 1.27. The SMILES string of the molecule is CC(C)(C)c1onc(-c2c(Cl)cccc2Cl)c1C(=O)O[C@H]1C[C@H]2CC[C@@H](C1)N2c1nc2c(F)cc(C(=O)O)cc2s1. The van der Waals surface area contributed by atoms with Gasteiger partial charge in [0.25, 0.3) is 0 Å². The molecule has 0 aliphatic carbocycles. The molecule has 2 aromatic heterocycles.